The molecule has 0 atom stereocenters. The van der Waals surface area contributed by atoms with Gasteiger partial charge in [-0.05, 0) is 12.2 Å². The number of hydrogen-bond donors (Lipinski definition) is 0. The highest BCUT2D eigenvalue weighted by atomic mass is 16.5. The first-order valence-electron chi connectivity index (χ1n) is 4.33. The summed E-state index contributed by atoms with van der Waals surface area (Å²) < 4.78 is 5.42. The van der Waals surface area contributed by atoms with Crippen LogP contribution in [-0.4, -0.2) is 21.6 Å². The second kappa shape index (κ2) is 2.77. The molecule has 0 saturated heterocycles. The Morgan fingerprint density at radius 1 is 1.29 bits per heavy atom. The average Bonchev–Trinajstić information content (AvgIpc) is 2.26. The average molecular weight is 185 g/mol. The van der Waals surface area contributed by atoms with Crippen LogP contribution in [0.4, 0.5) is 0 Å². The topological polar surface area (TPSA) is 47.9 Å². The van der Waals surface area contributed by atoms with Crippen LogP contribution in [0.5, 0.6) is 5.75 Å². The summed E-state index contributed by atoms with van der Waals surface area (Å²) in [7, 11) is 0. The van der Waals surface area contributed by atoms with Crippen molar-refractivity contribution in [1.29, 1.82) is 0 Å². The molecule has 0 aliphatic carbocycles. The number of nitrogens with zero attached hydrogens (tertiary/aromatic N) is 3. The van der Waals surface area contributed by atoms with Crippen LogP contribution >= 0.6 is 0 Å². The lowest BCUT2D eigenvalue weighted by Gasteiger charge is -2.11. The number of ether oxygens (including phenoxy) is 1. The molecule has 4 heteroatoms. The normalized spacial score (nSPS) is 13.7. The van der Waals surface area contributed by atoms with Crippen molar-refractivity contribution in [3.8, 4) is 5.75 Å². The second-order valence-electron chi connectivity index (χ2n) is 3.01. The first-order chi connectivity index (χ1) is 6.93. The molecule has 0 fully saturated rings. The zero-order valence-corrected chi connectivity index (χ0v) is 7.34. The maximum atomic E-state index is 5.42. The van der Waals surface area contributed by atoms with Gasteiger partial charge in [-0.15, -0.1) is 0 Å². The molecule has 3 heterocycles. The number of fused-ring (bicyclic) bond motifs is 2. The van der Waals surface area contributed by atoms with Gasteiger partial charge in [0.15, 0.2) is 0 Å². The largest absolute Gasteiger partial charge is 0.487 e. The minimum absolute atomic E-state index is 0.602. The lowest BCUT2D eigenvalue weighted by molar-refractivity contribution is 0.357. The molecule has 0 spiro atoms. The van der Waals surface area contributed by atoms with Crippen molar-refractivity contribution in [2.24, 2.45) is 0 Å². The van der Waals surface area contributed by atoms with Gasteiger partial charge in [0.2, 0.25) is 0 Å². The van der Waals surface area contributed by atoms with Gasteiger partial charge in [0.1, 0.15) is 29.9 Å². The van der Waals surface area contributed by atoms with E-state index in [1.54, 1.807) is 6.20 Å². The molecule has 3 rings (SSSR count). The van der Waals surface area contributed by atoms with E-state index in [1.807, 2.05) is 18.2 Å². The summed E-state index contributed by atoms with van der Waals surface area (Å²) in [5, 5.41) is 0. The van der Waals surface area contributed by atoms with E-state index in [0.717, 1.165) is 22.5 Å². The number of hydrogen-bond acceptors (Lipinski definition) is 4. The Morgan fingerprint density at radius 2 is 2.29 bits per heavy atom. The quantitative estimate of drug-likeness (QED) is 0.623. The minimum atomic E-state index is 0.602. The van der Waals surface area contributed by atoms with Gasteiger partial charge in [-0.25, -0.2) is 15.0 Å². The van der Waals surface area contributed by atoms with Crippen molar-refractivity contribution in [1.82, 2.24) is 15.0 Å². The van der Waals surface area contributed by atoms with Crippen LogP contribution in [0, 0.1) is 0 Å². The third kappa shape index (κ3) is 1.04. The van der Waals surface area contributed by atoms with Crippen LogP contribution in [0.3, 0.4) is 0 Å². The monoisotopic (exact) mass is 185 g/mol. The Bertz CT molecular complexity index is 522. The smallest absolute Gasteiger partial charge is 0.147 e. The van der Waals surface area contributed by atoms with E-state index in [0.29, 0.717) is 6.61 Å². The number of rotatable bonds is 0. The zero-order valence-electron chi connectivity index (χ0n) is 7.34. The lowest BCUT2D eigenvalue weighted by Crippen LogP contribution is -2.02. The van der Waals surface area contributed by atoms with Crippen LogP contribution in [0.2, 0.25) is 0 Å². The van der Waals surface area contributed by atoms with E-state index >= 15 is 0 Å². The Labute approximate surface area is 80.3 Å². The fourth-order valence-electron chi connectivity index (χ4n) is 1.44. The first-order valence-corrected chi connectivity index (χ1v) is 4.33. The van der Waals surface area contributed by atoms with Gasteiger partial charge in [0.25, 0.3) is 0 Å². The van der Waals surface area contributed by atoms with Gasteiger partial charge >= 0.3 is 0 Å². The van der Waals surface area contributed by atoms with Crippen LogP contribution < -0.4 is 4.74 Å². The molecule has 4 nitrogen and oxygen atoms in total. The van der Waals surface area contributed by atoms with Crippen LogP contribution in [-0.2, 0) is 0 Å². The van der Waals surface area contributed by atoms with Crippen molar-refractivity contribution in [3.63, 3.8) is 0 Å². The van der Waals surface area contributed by atoms with Crippen LogP contribution in [0.1, 0.15) is 5.69 Å². The summed E-state index contributed by atoms with van der Waals surface area (Å²) >= 11 is 0. The Balaban J connectivity index is 2.34. The third-order valence-electron chi connectivity index (χ3n) is 2.09. The molecule has 2 aromatic heterocycles. The summed E-state index contributed by atoms with van der Waals surface area (Å²) in [5.41, 5.74) is 2.45. The predicted octanol–water partition coefficient (Wildman–Crippen LogP) is 1.43. The van der Waals surface area contributed by atoms with Gasteiger partial charge in [-0.2, -0.15) is 0 Å². The van der Waals surface area contributed by atoms with Crippen LogP contribution in [0.15, 0.2) is 24.7 Å². The molecule has 68 valence electrons. The molecule has 0 N–H and O–H groups in total. The Morgan fingerprint density at radius 3 is 3.29 bits per heavy atom. The molecular weight excluding hydrogens is 178 g/mol. The van der Waals surface area contributed by atoms with E-state index in [9.17, 15) is 0 Å². The fourth-order valence-corrected chi connectivity index (χ4v) is 1.44. The first kappa shape index (κ1) is 7.44. The summed E-state index contributed by atoms with van der Waals surface area (Å²) in [6.07, 6.45) is 7.09. The summed E-state index contributed by atoms with van der Waals surface area (Å²) in [4.78, 5) is 12.4. The lowest BCUT2D eigenvalue weighted by atomic mass is 10.2. The maximum absolute atomic E-state index is 5.42. The molecule has 0 unspecified atom stereocenters. The van der Waals surface area contributed by atoms with Gasteiger partial charge in [0, 0.05) is 6.07 Å². The molecule has 2 aromatic rings. The van der Waals surface area contributed by atoms with Crippen LogP contribution in [0.25, 0.3) is 17.1 Å². The molecule has 14 heavy (non-hydrogen) atoms. The Hall–Kier alpha value is -1.97. The molecule has 1 aliphatic heterocycles. The predicted molar refractivity (Wildman–Crippen MR) is 51.9 cm³/mol. The molecule has 0 radical (unpaired) electrons. The number of aromatic nitrogens is 3. The van der Waals surface area contributed by atoms with Gasteiger partial charge < -0.3 is 4.74 Å². The molecule has 0 aromatic carbocycles. The zero-order chi connectivity index (χ0) is 9.38. The minimum Gasteiger partial charge on any atom is -0.487 e. The third-order valence-corrected chi connectivity index (χ3v) is 2.09. The highest BCUT2D eigenvalue weighted by molar-refractivity contribution is 5.77. The van der Waals surface area contributed by atoms with Crippen molar-refractivity contribution in [2.45, 2.75) is 0 Å². The molecule has 1 aliphatic rings. The highest BCUT2D eigenvalue weighted by Crippen LogP contribution is 2.24. The molecule has 0 bridgehead atoms. The fraction of sp³-hybridized carbons (Fsp3) is 0.100. The van der Waals surface area contributed by atoms with E-state index in [-0.39, 0.29) is 0 Å². The van der Waals surface area contributed by atoms with Crippen molar-refractivity contribution >= 4 is 17.1 Å². The van der Waals surface area contributed by atoms with E-state index in [4.69, 9.17) is 4.74 Å². The maximum Gasteiger partial charge on any atom is 0.147 e. The molecular formula is C10H7N3O. The van der Waals surface area contributed by atoms with Crippen molar-refractivity contribution < 1.29 is 4.74 Å². The van der Waals surface area contributed by atoms with Crippen molar-refractivity contribution in [3.05, 3.63) is 30.4 Å². The summed E-state index contributed by atoms with van der Waals surface area (Å²) in [6.45, 7) is 0.602. The van der Waals surface area contributed by atoms with E-state index in [1.165, 1.54) is 6.33 Å². The van der Waals surface area contributed by atoms with Gasteiger partial charge in [0.05, 0.1) is 11.7 Å². The van der Waals surface area contributed by atoms with E-state index < -0.39 is 0 Å². The highest BCUT2D eigenvalue weighted by Gasteiger charge is 2.08. The standard InChI is InChI=1S/C10H7N3O/c1-2-7-10(14-3-1)4-8-9(13-7)5-11-6-12-8/h1-2,4-6H,3H2. The molecule has 0 saturated carbocycles. The number of pyridine rings is 1. The second-order valence-corrected chi connectivity index (χ2v) is 3.01. The van der Waals surface area contributed by atoms with Crippen molar-refractivity contribution in [2.75, 3.05) is 6.61 Å². The summed E-state index contributed by atoms with van der Waals surface area (Å²) in [5.74, 6) is 0.790. The van der Waals surface area contributed by atoms with Gasteiger partial charge in [-0.3, -0.25) is 0 Å². The SMILES string of the molecule is C1=Cc2nc3cncnc3cc2OC1. The Kier molecular flexibility index (Phi) is 1.47. The van der Waals surface area contributed by atoms with E-state index in [2.05, 4.69) is 15.0 Å². The summed E-state index contributed by atoms with van der Waals surface area (Å²) in [6, 6.07) is 1.89. The van der Waals surface area contributed by atoms with Gasteiger partial charge in [-0.1, -0.05) is 0 Å². The molecule has 0 amide bonds.